The molecule has 1 saturated heterocycles. The number of benzene rings is 3. The van der Waals surface area contributed by atoms with Gasteiger partial charge >= 0.3 is 5.97 Å². The summed E-state index contributed by atoms with van der Waals surface area (Å²) in [6, 6.07) is 23.5. The van der Waals surface area contributed by atoms with E-state index < -0.39 is 11.6 Å². The quantitative estimate of drug-likeness (QED) is 0.570. The van der Waals surface area contributed by atoms with Crippen LogP contribution in [0.4, 0.5) is 0 Å². The number of hydrogen-bond donors (Lipinski definition) is 1. The van der Waals surface area contributed by atoms with Gasteiger partial charge in [-0.2, -0.15) is 5.26 Å². The average Bonchev–Trinajstić information content (AvgIpc) is 2.77. The second kappa shape index (κ2) is 9.23. The van der Waals surface area contributed by atoms with E-state index >= 15 is 0 Å². The number of nitriles is 1. The van der Waals surface area contributed by atoms with Crippen LogP contribution in [0.25, 0.3) is 11.1 Å². The Balaban J connectivity index is 1.43. The standard InChI is InChI=1S/C26H23NO5/c1-18-11-19(13-27)5-10-24(18)21-4-2-3-20(12-21)14-31-23-8-6-22(7-9-23)26(16-30-17-26)32-15-25(28)29/h2-12H,14-17H2,1H3,(H,28,29). The summed E-state index contributed by atoms with van der Waals surface area (Å²) in [6.45, 7) is 2.72. The van der Waals surface area contributed by atoms with E-state index in [4.69, 9.17) is 24.6 Å². The van der Waals surface area contributed by atoms with Gasteiger partial charge in [-0.1, -0.05) is 36.4 Å². The van der Waals surface area contributed by atoms with E-state index in [1.54, 1.807) is 0 Å². The molecule has 6 heteroatoms. The maximum atomic E-state index is 10.9. The second-order valence-corrected chi connectivity index (χ2v) is 7.82. The fraction of sp³-hybridized carbons (Fsp3) is 0.231. The van der Waals surface area contributed by atoms with Crippen LogP contribution in [0, 0.1) is 18.3 Å². The van der Waals surface area contributed by atoms with Crippen molar-refractivity contribution in [3.8, 4) is 22.9 Å². The summed E-state index contributed by atoms with van der Waals surface area (Å²) >= 11 is 0. The number of carbonyl (C=O) groups is 1. The van der Waals surface area contributed by atoms with Gasteiger partial charge in [0.1, 0.15) is 24.6 Å². The van der Waals surface area contributed by atoms with Crippen molar-refractivity contribution < 1.29 is 24.1 Å². The van der Waals surface area contributed by atoms with Gasteiger partial charge < -0.3 is 19.3 Å². The first-order chi connectivity index (χ1) is 15.5. The largest absolute Gasteiger partial charge is 0.489 e. The van der Waals surface area contributed by atoms with Gasteiger partial charge in [0.2, 0.25) is 0 Å². The summed E-state index contributed by atoms with van der Waals surface area (Å²) in [5.41, 5.74) is 5.06. The second-order valence-electron chi connectivity index (χ2n) is 7.82. The van der Waals surface area contributed by atoms with Gasteiger partial charge in [-0.25, -0.2) is 4.79 Å². The molecule has 0 unspecified atom stereocenters. The Hall–Kier alpha value is -3.66. The Kier molecular flexibility index (Phi) is 6.22. The molecule has 0 aliphatic carbocycles. The minimum Gasteiger partial charge on any atom is -0.489 e. The monoisotopic (exact) mass is 429 g/mol. The molecule has 0 bridgehead atoms. The van der Waals surface area contributed by atoms with Crippen molar-refractivity contribution in [3.05, 3.63) is 89.0 Å². The highest BCUT2D eigenvalue weighted by Gasteiger charge is 2.42. The topological polar surface area (TPSA) is 88.8 Å². The third kappa shape index (κ3) is 4.65. The first-order valence-corrected chi connectivity index (χ1v) is 10.3. The number of ether oxygens (including phenoxy) is 3. The molecule has 162 valence electrons. The number of hydrogen-bond acceptors (Lipinski definition) is 5. The van der Waals surface area contributed by atoms with Crippen LogP contribution in [-0.4, -0.2) is 30.9 Å². The van der Waals surface area contributed by atoms with E-state index in [-0.39, 0.29) is 6.61 Å². The lowest BCUT2D eigenvalue weighted by Crippen LogP contribution is -2.49. The van der Waals surface area contributed by atoms with Crippen molar-refractivity contribution in [3.63, 3.8) is 0 Å². The van der Waals surface area contributed by atoms with Crippen molar-refractivity contribution in [2.75, 3.05) is 19.8 Å². The van der Waals surface area contributed by atoms with Gasteiger partial charge in [0.15, 0.2) is 0 Å². The van der Waals surface area contributed by atoms with Crippen molar-refractivity contribution in [2.45, 2.75) is 19.1 Å². The number of carboxylic acids is 1. The van der Waals surface area contributed by atoms with Crippen LogP contribution in [0.1, 0.15) is 22.3 Å². The van der Waals surface area contributed by atoms with Crippen LogP contribution in [0.2, 0.25) is 0 Å². The number of aryl methyl sites for hydroxylation is 1. The molecule has 4 rings (SSSR count). The molecule has 6 nitrogen and oxygen atoms in total. The zero-order valence-corrected chi connectivity index (χ0v) is 17.7. The van der Waals surface area contributed by atoms with Crippen LogP contribution in [0.15, 0.2) is 66.7 Å². The molecule has 3 aromatic carbocycles. The first kappa shape index (κ1) is 21.6. The third-order valence-electron chi connectivity index (χ3n) is 5.52. The Morgan fingerprint density at radius 1 is 1.12 bits per heavy atom. The van der Waals surface area contributed by atoms with Crippen LogP contribution < -0.4 is 4.74 Å². The van der Waals surface area contributed by atoms with Crippen molar-refractivity contribution >= 4 is 5.97 Å². The molecule has 1 aliphatic heterocycles. The number of rotatable bonds is 8. The molecule has 0 amide bonds. The molecular formula is C26H23NO5. The number of nitrogens with zero attached hydrogens (tertiary/aromatic N) is 1. The molecule has 0 radical (unpaired) electrons. The fourth-order valence-electron chi connectivity index (χ4n) is 3.73. The molecule has 0 saturated carbocycles. The van der Waals surface area contributed by atoms with E-state index in [0.29, 0.717) is 31.1 Å². The predicted octanol–water partition coefficient (Wildman–Crippen LogP) is 4.44. The smallest absolute Gasteiger partial charge is 0.329 e. The maximum absolute atomic E-state index is 10.9. The minimum absolute atomic E-state index is 0.335. The summed E-state index contributed by atoms with van der Waals surface area (Å²) in [5.74, 6) is -0.294. The molecule has 32 heavy (non-hydrogen) atoms. The molecule has 1 N–H and O–H groups in total. The number of carboxylic acid groups (broad SMARTS) is 1. The van der Waals surface area contributed by atoms with Crippen molar-refractivity contribution in [2.24, 2.45) is 0 Å². The Morgan fingerprint density at radius 3 is 2.53 bits per heavy atom. The first-order valence-electron chi connectivity index (χ1n) is 10.3. The SMILES string of the molecule is Cc1cc(C#N)ccc1-c1cccc(COc2ccc(C3(OCC(=O)O)COC3)cc2)c1. The van der Waals surface area contributed by atoms with Crippen molar-refractivity contribution in [1.29, 1.82) is 5.26 Å². The highest BCUT2D eigenvalue weighted by molar-refractivity contribution is 5.69. The summed E-state index contributed by atoms with van der Waals surface area (Å²) < 4.78 is 16.8. The Bertz CT molecular complexity index is 1160. The van der Waals surface area contributed by atoms with E-state index in [9.17, 15) is 4.79 Å². The summed E-state index contributed by atoms with van der Waals surface area (Å²) in [6.07, 6.45) is 0. The summed E-state index contributed by atoms with van der Waals surface area (Å²) in [7, 11) is 0. The lowest BCUT2D eigenvalue weighted by atomic mass is 9.91. The Labute approximate surface area is 186 Å². The molecule has 1 heterocycles. The van der Waals surface area contributed by atoms with Crippen LogP contribution in [0.5, 0.6) is 5.75 Å². The molecule has 1 fully saturated rings. The Morgan fingerprint density at radius 2 is 1.91 bits per heavy atom. The van der Waals surface area contributed by atoms with Crippen LogP contribution >= 0.6 is 0 Å². The molecule has 3 aromatic rings. The van der Waals surface area contributed by atoms with E-state index in [1.165, 1.54) is 0 Å². The zero-order valence-electron chi connectivity index (χ0n) is 17.7. The van der Waals surface area contributed by atoms with Gasteiger partial charge in [0, 0.05) is 0 Å². The zero-order chi connectivity index (χ0) is 22.6. The van der Waals surface area contributed by atoms with E-state index in [0.717, 1.165) is 27.8 Å². The van der Waals surface area contributed by atoms with Gasteiger partial charge in [-0.05, 0) is 65.1 Å². The van der Waals surface area contributed by atoms with Crippen LogP contribution in [-0.2, 0) is 26.5 Å². The van der Waals surface area contributed by atoms with E-state index in [1.807, 2.05) is 67.6 Å². The van der Waals surface area contributed by atoms with Crippen molar-refractivity contribution in [1.82, 2.24) is 0 Å². The third-order valence-corrected chi connectivity index (χ3v) is 5.52. The van der Waals surface area contributed by atoms with Crippen LogP contribution in [0.3, 0.4) is 0 Å². The highest BCUT2D eigenvalue weighted by Crippen LogP contribution is 2.34. The maximum Gasteiger partial charge on any atom is 0.329 e. The molecule has 0 atom stereocenters. The number of aliphatic carboxylic acids is 1. The van der Waals surface area contributed by atoms with Gasteiger partial charge in [0.05, 0.1) is 24.8 Å². The molecular weight excluding hydrogens is 406 g/mol. The van der Waals surface area contributed by atoms with Gasteiger partial charge in [-0.3, -0.25) is 0 Å². The predicted molar refractivity (Wildman–Crippen MR) is 118 cm³/mol. The minimum atomic E-state index is -1.00. The summed E-state index contributed by atoms with van der Waals surface area (Å²) in [5, 5.41) is 18.0. The van der Waals surface area contributed by atoms with Gasteiger partial charge in [-0.15, -0.1) is 0 Å². The lowest BCUT2D eigenvalue weighted by molar-refractivity contribution is -0.220. The summed E-state index contributed by atoms with van der Waals surface area (Å²) in [4.78, 5) is 10.9. The fourth-order valence-corrected chi connectivity index (χ4v) is 3.73. The molecule has 0 aromatic heterocycles. The highest BCUT2D eigenvalue weighted by atomic mass is 16.6. The van der Waals surface area contributed by atoms with E-state index in [2.05, 4.69) is 12.1 Å². The van der Waals surface area contributed by atoms with Gasteiger partial charge in [0.25, 0.3) is 0 Å². The average molecular weight is 429 g/mol. The molecule has 1 aliphatic rings. The molecule has 0 spiro atoms. The normalized spacial score (nSPS) is 14.2. The lowest BCUT2D eigenvalue weighted by Gasteiger charge is -2.41.